The molecule has 0 spiro atoms. The molecule has 52 valence electrons. The molecule has 0 N–H and O–H groups in total. The van der Waals surface area contributed by atoms with Crippen LogP contribution in [0.15, 0.2) is 22.6 Å². The molecular formula is C6H13N3. The van der Waals surface area contributed by atoms with Gasteiger partial charge in [0, 0.05) is 7.05 Å². The average Bonchev–Trinajstić information content (AvgIpc) is 2.23. The van der Waals surface area contributed by atoms with Crippen molar-refractivity contribution in [3.8, 4) is 0 Å². The molecule has 0 aromatic rings. The van der Waals surface area contributed by atoms with Crippen LogP contribution in [0.3, 0.4) is 0 Å². The van der Waals surface area contributed by atoms with Crippen molar-refractivity contribution < 1.29 is 0 Å². The zero-order valence-corrected chi connectivity index (χ0v) is 6.26. The van der Waals surface area contributed by atoms with Crippen molar-refractivity contribution in [1.29, 1.82) is 0 Å². The van der Waals surface area contributed by atoms with Gasteiger partial charge < -0.3 is 0 Å². The normalized spacial score (nSPS) is 15.4. The molecule has 0 bridgehead atoms. The summed E-state index contributed by atoms with van der Waals surface area (Å²) in [6, 6.07) is 0. The zero-order valence-electron chi connectivity index (χ0n) is 6.26. The molecule has 0 aliphatic carbocycles. The lowest BCUT2D eigenvalue weighted by Gasteiger charge is -2.01. The fourth-order valence-corrected chi connectivity index (χ4v) is 0.374. The first kappa shape index (κ1) is 8.14. The molecule has 0 aromatic carbocycles. The number of rotatable bonds is 0. The molecular weight excluding hydrogens is 114 g/mol. The second-order valence-electron chi connectivity index (χ2n) is 1.48. The van der Waals surface area contributed by atoms with Crippen LogP contribution < -0.4 is 0 Å². The molecule has 0 radical (unpaired) electrons. The van der Waals surface area contributed by atoms with E-state index in [2.05, 4.69) is 16.9 Å². The van der Waals surface area contributed by atoms with Gasteiger partial charge in [0.25, 0.3) is 0 Å². The third-order valence-corrected chi connectivity index (χ3v) is 0.908. The van der Waals surface area contributed by atoms with Crippen molar-refractivity contribution in [1.82, 2.24) is 5.01 Å². The number of hydrogen-bond acceptors (Lipinski definition) is 3. The summed E-state index contributed by atoms with van der Waals surface area (Å²) in [6.45, 7) is 8.34. The maximum absolute atomic E-state index is 3.70. The first-order valence-electron chi connectivity index (χ1n) is 3.09. The van der Waals surface area contributed by atoms with Gasteiger partial charge in [-0.1, -0.05) is 25.6 Å². The maximum atomic E-state index is 3.70. The predicted octanol–water partition coefficient (Wildman–Crippen LogP) is 1.84. The van der Waals surface area contributed by atoms with Crippen molar-refractivity contribution >= 4 is 0 Å². The van der Waals surface area contributed by atoms with E-state index in [4.69, 9.17) is 0 Å². The minimum atomic E-state index is 0.663. The highest BCUT2D eigenvalue weighted by Crippen LogP contribution is 2.06. The summed E-state index contributed by atoms with van der Waals surface area (Å²) in [5.74, 6) is 0. The van der Waals surface area contributed by atoms with Crippen LogP contribution in [0.5, 0.6) is 0 Å². The Hall–Kier alpha value is -0.860. The molecule has 0 atom stereocenters. The van der Waals surface area contributed by atoms with Crippen LogP contribution in [0, 0.1) is 0 Å². The lowest BCUT2D eigenvalue weighted by Crippen LogP contribution is -2.03. The molecule has 0 amide bonds. The van der Waals surface area contributed by atoms with Crippen LogP contribution in [0.4, 0.5) is 0 Å². The molecule has 0 fully saturated rings. The first-order chi connectivity index (χ1) is 4.30. The summed E-state index contributed by atoms with van der Waals surface area (Å²) in [5, 5.41) is 9.04. The predicted molar refractivity (Wildman–Crippen MR) is 38.0 cm³/mol. The summed E-state index contributed by atoms with van der Waals surface area (Å²) < 4.78 is 0. The molecule has 0 saturated carbocycles. The lowest BCUT2D eigenvalue weighted by atomic mass is 10.5. The monoisotopic (exact) mass is 127 g/mol. The Morgan fingerprint density at radius 3 is 2.22 bits per heavy atom. The van der Waals surface area contributed by atoms with Gasteiger partial charge in [-0.2, -0.15) is 5.11 Å². The summed E-state index contributed by atoms with van der Waals surface area (Å²) in [7, 11) is 1.83. The summed E-state index contributed by atoms with van der Waals surface area (Å²) in [4.78, 5) is 0. The third-order valence-electron chi connectivity index (χ3n) is 0.908. The fraction of sp³-hybridized carbons (Fsp3) is 0.667. The Kier molecular flexibility index (Phi) is 3.67. The van der Waals surface area contributed by atoms with Gasteiger partial charge in [-0.3, -0.25) is 5.01 Å². The Bertz CT molecular complexity index is 117. The van der Waals surface area contributed by atoms with Gasteiger partial charge in [0.05, 0.1) is 5.70 Å². The zero-order chi connectivity index (χ0) is 7.28. The molecule has 0 saturated heterocycles. The van der Waals surface area contributed by atoms with E-state index in [9.17, 15) is 0 Å². The Balaban J connectivity index is 0.000000291. The van der Waals surface area contributed by atoms with E-state index < -0.39 is 0 Å². The van der Waals surface area contributed by atoms with Gasteiger partial charge in [-0.15, -0.1) is 0 Å². The van der Waals surface area contributed by atoms with Crippen molar-refractivity contribution in [2.24, 2.45) is 10.3 Å². The van der Waals surface area contributed by atoms with Gasteiger partial charge in [0.15, 0.2) is 0 Å². The van der Waals surface area contributed by atoms with Gasteiger partial charge in [-0.05, 0) is 0 Å². The molecule has 9 heavy (non-hydrogen) atoms. The van der Waals surface area contributed by atoms with Gasteiger partial charge >= 0.3 is 0 Å². The van der Waals surface area contributed by atoms with Crippen LogP contribution in [0.25, 0.3) is 0 Å². The van der Waals surface area contributed by atoms with Crippen molar-refractivity contribution in [3.63, 3.8) is 0 Å². The largest absolute Gasteiger partial charge is 0.253 e. The molecule has 1 aliphatic rings. The van der Waals surface area contributed by atoms with E-state index >= 15 is 0 Å². The van der Waals surface area contributed by atoms with E-state index in [0.29, 0.717) is 6.54 Å². The number of hydrogen-bond donors (Lipinski definition) is 0. The van der Waals surface area contributed by atoms with Gasteiger partial charge in [-0.25, -0.2) is 0 Å². The van der Waals surface area contributed by atoms with E-state index in [-0.39, 0.29) is 0 Å². The molecule has 3 nitrogen and oxygen atoms in total. The highest BCUT2D eigenvalue weighted by atomic mass is 15.6. The van der Waals surface area contributed by atoms with E-state index in [1.54, 1.807) is 5.01 Å². The minimum Gasteiger partial charge on any atom is -0.253 e. The van der Waals surface area contributed by atoms with Crippen LogP contribution in [0.1, 0.15) is 13.8 Å². The van der Waals surface area contributed by atoms with Crippen LogP contribution in [-0.4, -0.2) is 18.6 Å². The minimum absolute atomic E-state index is 0.663. The first-order valence-corrected chi connectivity index (χ1v) is 3.09. The average molecular weight is 127 g/mol. The van der Waals surface area contributed by atoms with Crippen molar-refractivity contribution in [3.05, 3.63) is 12.3 Å². The number of likely N-dealkylation sites (N-methyl/N-ethyl adjacent to an activating group) is 1. The van der Waals surface area contributed by atoms with Crippen LogP contribution in [0.2, 0.25) is 0 Å². The summed E-state index contributed by atoms with van der Waals surface area (Å²) >= 11 is 0. The standard InChI is InChI=1S/C4H7N3.C2H6/c1-4-3-5-6-7(4)2;1-2/h1,3H2,2H3;1-2H3. The Labute approximate surface area is 56.1 Å². The van der Waals surface area contributed by atoms with E-state index in [1.165, 1.54) is 0 Å². The highest BCUT2D eigenvalue weighted by molar-refractivity contribution is 4.95. The van der Waals surface area contributed by atoms with E-state index in [0.717, 1.165) is 5.70 Å². The van der Waals surface area contributed by atoms with Crippen LogP contribution in [-0.2, 0) is 0 Å². The van der Waals surface area contributed by atoms with Gasteiger partial charge in [0.2, 0.25) is 0 Å². The molecule has 1 rings (SSSR count). The lowest BCUT2D eigenvalue weighted by molar-refractivity contribution is 0.461. The SMILES string of the molecule is C=C1CN=NN1C.CC. The van der Waals surface area contributed by atoms with E-state index in [1.807, 2.05) is 20.9 Å². The summed E-state index contributed by atoms with van der Waals surface area (Å²) in [5.41, 5.74) is 0.958. The quantitative estimate of drug-likeness (QED) is 0.488. The molecule has 1 aliphatic heterocycles. The fourth-order valence-electron chi connectivity index (χ4n) is 0.374. The molecule has 3 heteroatoms. The van der Waals surface area contributed by atoms with Crippen LogP contribution >= 0.6 is 0 Å². The number of nitrogens with zero attached hydrogens (tertiary/aromatic N) is 3. The Morgan fingerprint density at radius 2 is 2.11 bits per heavy atom. The molecule has 0 aromatic heterocycles. The maximum Gasteiger partial charge on any atom is 0.103 e. The topological polar surface area (TPSA) is 28.0 Å². The second-order valence-corrected chi connectivity index (χ2v) is 1.48. The van der Waals surface area contributed by atoms with Gasteiger partial charge in [0.1, 0.15) is 6.54 Å². The van der Waals surface area contributed by atoms with Crippen molar-refractivity contribution in [2.75, 3.05) is 13.6 Å². The second kappa shape index (κ2) is 4.06. The Morgan fingerprint density at radius 1 is 1.56 bits per heavy atom. The summed E-state index contributed by atoms with van der Waals surface area (Å²) in [6.07, 6.45) is 0. The molecule has 1 heterocycles. The third kappa shape index (κ3) is 2.26. The smallest absolute Gasteiger partial charge is 0.103 e. The van der Waals surface area contributed by atoms with Crippen molar-refractivity contribution in [2.45, 2.75) is 13.8 Å². The highest BCUT2D eigenvalue weighted by Gasteiger charge is 2.03. The molecule has 0 unspecified atom stereocenters.